The topological polar surface area (TPSA) is 46.2 Å². The van der Waals surface area contributed by atoms with Crippen molar-refractivity contribution in [1.82, 2.24) is 5.32 Å². The van der Waals surface area contributed by atoms with Gasteiger partial charge in [-0.1, -0.05) is 49.4 Å². The maximum atomic E-state index is 12.6. The zero-order chi connectivity index (χ0) is 14.9. The number of hydrogen-bond acceptors (Lipinski definition) is 3. The van der Waals surface area contributed by atoms with Gasteiger partial charge in [-0.05, 0) is 29.7 Å². The zero-order valence-electron chi connectivity index (χ0n) is 11.9. The van der Waals surface area contributed by atoms with Crippen molar-refractivity contribution in [3.63, 3.8) is 0 Å². The summed E-state index contributed by atoms with van der Waals surface area (Å²) in [6.07, 6.45) is 0.778. The largest absolute Gasteiger partial charge is 0.302 e. The van der Waals surface area contributed by atoms with Crippen LogP contribution >= 0.6 is 0 Å². The van der Waals surface area contributed by atoms with E-state index in [-0.39, 0.29) is 17.8 Å². The molecule has 0 saturated heterocycles. The first-order chi connectivity index (χ1) is 10.1. The molecule has 2 aromatic rings. The van der Waals surface area contributed by atoms with E-state index in [9.17, 15) is 8.42 Å². The normalized spacial score (nSPS) is 24.0. The van der Waals surface area contributed by atoms with Gasteiger partial charge in [-0.15, -0.1) is 0 Å². The van der Waals surface area contributed by atoms with Crippen molar-refractivity contribution in [3.8, 4) is 0 Å². The number of fused-ring (bicyclic) bond motifs is 1. The summed E-state index contributed by atoms with van der Waals surface area (Å²) < 4.78 is 25.2. The molecule has 1 aliphatic heterocycles. The van der Waals surface area contributed by atoms with Crippen molar-refractivity contribution in [2.24, 2.45) is 0 Å². The van der Waals surface area contributed by atoms with E-state index in [1.165, 1.54) is 0 Å². The lowest BCUT2D eigenvalue weighted by Crippen LogP contribution is -2.35. The van der Waals surface area contributed by atoms with Gasteiger partial charge in [0.25, 0.3) is 0 Å². The molecule has 0 saturated carbocycles. The summed E-state index contributed by atoms with van der Waals surface area (Å²) >= 11 is 0. The molecule has 1 aliphatic rings. The highest BCUT2D eigenvalue weighted by atomic mass is 32.2. The van der Waals surface area contributed by atoms with E-state index in [1.54, 1.807) is 12.1 Å². The van der Waals surface area contributed by atoms with Gasteiger partial charge in [-0.25, -0.2) is 8.42 Å². The number of sulfone groups is 1. The van der Waals surface area contributed by atoms with E-state index in [0.717, 1.165) is 17.5 Å². The smallest absolute Gasteiger partial charge is 0.180 e. The molecule has 0 bridgehead atoms. The first-order valence-corrected chi connectivity index (χ1v) is 8.81. The molecular formula is C17H18NO2S. The first-order valence-electron chi connectivity index (χ1n) is 7.15. The lowest BCUT2D eigenvalue weighted by atomic mass is 9.97. The van der Waals surface area contributed by atoms with E-state index in [0.29, 0.717) is 4.90 Å². The highest BCUT2D eigenvalue weighted by Gasteiger charge is 2.32. The summed E-state index contributed by atoms with van der Waals surface area (Å²) in [7, 11) is -3.27. The average molecular weight is 300 g/mol. The molecule has 1 heterocycles. The Balaban J connectivity index is 2.18. The van der Waals surface area contributed by atoms with Gasteiger partial charge in [-0.3, -0.25) is 0 Å². The monoisotopic (exact) mass is 300 g/mol. The van der Waals surface area contributed by atoms with Crippen molar-refractivity contribution in [1.29, 1.82) is 0 Å². The third kappa shape index (κ3) is 2.74. The Morgan fingerprint density at radius 1 is 1.24 bits per heavy atom. The lowest BCUT2D eigenvalue weighted by molar-refractivity contribution is 0.490. The van der Waals surface area contributed by atoms with Crippen LogP contribution in [0.3, 0.4) is 0 Å². The molecule has 2 atom stereocenters. The molecule has 3 nitrogen and oxygen atoms in total. The molecule has 21 heavy (non-hydrogen) atoms. The number of nitrogens with one attached hydrogen (secondary N) is 1. The fraction of sp³-hybridized carbons (Fsp3) is 0.294. The maximum absolute atomic E-state index is 12.6. The average Bonchev–Trinajstić information content (AvgIpc) is 2.63. The van der Waals surface area contributed by atoms with Crippen molar-refractivity contribution in [3.05, 3.63) is 65.7 Å². The molecule has 0 spiro atoms. The lowest BCUT2D eigenvalue weighted by Gasteiger charge is -2.22. The van der Waals surface area contributed by atoms with Gasteiger partial charge in [-0.2, -0.15) is 0 Å². The predicted molar refractivity (Wildman–Crippen MR) is 82.8 cm³/mol. The maximum Gasteiger partial charge on any atom is 0.180 e. The number of hydrogen-bond donors (Lipinski definition) is 1. The Kier molecular flexibility index (Phi) is 3.83. The molecule has 2 aromatic carbocycles. The fourth-order valence-electron chi connectivity index (χ4n) is 2.82. The molecule has 109 valence electrons. The third-order valence-corrected chi connectivity index (χ3v) is 5.82. The fourth-order valence-corrected chi connectivity index (χ4v) is 4.65. The van der Waals surface area contributed by atoms with Gasteiger partial charge < -0.3 is 5.32 Å². The van der Waals surface area contributed by atoms with Crippen LogP contribution in [0.1, 0.15) is 30.5 Å². The molecule has 3 rings (SSSR count). The minimum Gasteiger partial charge on any atom is -0.302 e. The van der Waals surface area contributed by atoms with Crippen LogP contribution in [0.2, 0.25) is 0 Å². The standard InChI is InChI=1S/C17H18NO2S/c1-2-14-12-21(19,20)16-11-7-6-10-15(16)17(18-14)13-8-4-3-5-9-13/h3-6,8-11,14,17-18H,2,12H2,1H3. The van der Waals surface area contributed by atoms with Gasteiger partial charge in [0.2, 0.25) is 0 Å². The van der Waals surface area contributed by atoms with E-state index in [1.807, 2.05) is 43.3 Å². The first kappa shape index (κ1) is 14.3. The molecular weight excluding hydrogens is 282 g/mol. The minimum atomic E-state index is -3.27. The second kappa shape index (κ2) is 5.62. The Bertz CT molecular complexity index is 725. The van der Waals surface area contributed by atoms with E-state index in [4.69, 9.17) is 0 Å². The summed E-state index contributed by atoms with van der Waals surface area (Å²) in [4.78, 5) is 0.405. The van der Waals surface area contributed by atoms with Crippen molar-refractivity contribution >= 4 is 9.84 Å². The Morgan fingerprint density at radius 3 is 2.71 bits per heavy atom. The highest BCUT2D eigenvalue weighted by Crippen LogP contribution is 2.32. The Morgan fingerprint density at radius 2 is 2.00 bits per heavy atom. The van der Waals surface area contributed by atoms with Crippen molar-refractivity contribution in [2.45, 2.75) is 30.3 Å². The van der Waals surface area contributed by atoms with Gasteiger partial charge in [0.05, 0.1) is 16.7 Å². The Hall–Kier alpha value is -1.65. The zero-order valence-corrected chi connectivity index (χ0v) is 12.7. The molecule has 0 aromatic heterocycles. The van der Waals surface area contributed by atoms with Crippen LogP contribution in [-0.4, -0.2) is 20.2 Å². The van der Waals surface area contributed by atoms with Crippen LogP contribution in [0.25, 0.3) is 0 Å². The van der Waals surface area contributed by atoms with Crippen LogP contribution < -0.4 is 5.32 Å². The van der Waals surface area contributed by atoms with Gasteiger partial charge in [0.15, 0.2) is 9.84 Å². The molecule has 1 N–H and O–H groups in total. The van der Waals surface area contributed by atoms with Crippen LogP contribution in [0.15, 0.2) is 53.4 Å². The van der Waals surface area contributed by atoms with Crippen LogP contribution in [-0.2, 0) is 9.84 Å². The number of benzene rings is 2. The van der Waals surface area contributed by atoms with E-state index >= 15 is 0 Å². The minimum absolute atomic E-state index is 0.0485. The molecule has 0 aliphatic carbocycles. The van der Waals surface area contributed by atoms with Gasteiger partial charge >= 0.3 is 0 Å². The summed E-state index contributed by atoms with van der Waals surface area (Å²) in [5.74, 6) is 0.137. The quantitative estimate of drug-likeness (QED) is 0.927. The summed E-state index contributed by atoms with van der Waals surface area (Å²) in [6.45, 7) is 2.01. The van der Waals surface area contributed by atoms with Crippen LogP contribution in [0.5, 0.6) is 0 Å². The molecule has 2 unspecified atom stereocenters. The van der Waals surface area contributed by atoms with Crippen molar-refractivity contribution in [2.75, 3.05) is 5.75 Å². The highest BCUT2D eigenvalue weighted by molar-refractivity contribution is 7.91. The Labute approximate surface area is 125 Å². The van der Waals surface area contributed by atoms with Gasteiger partial charge in [0, 0.05) is 6.04 Å². The van der Waals surface area contributed by atoms with Gasteiger partial charge in [0.1, 0.15) is 0 Å². The molecule has 0 amide bonds. The van der Waals surface area contributed by atoms with Crippen LogP contribution in [0, 0.1) is 6.07 Å². The summed E-state index contributed by atoms with van der Waals surface area (Å²) in [5.41, 5.74) is 1.90. The van der Waals surface area contributed by atoms with E-state index in [2.05, 4.69) is 11.4 Å². The summed E-state index contributed by atoms with van der Waals surface area (Å²) in [6, 6.07) is 18.0. The SMILES string of the molecule is CCC1CS(=O)(=O)c2c[c]ccc2C(c2ccccc2)N1. The second-order valence-electron chi connectivity index (χ2n) is 5.36. The second-order valence-corrected chi connectivity index (χ2v) is 7.36. The predicted octanol–water partition coefficient (Wildman–Crippen LogP) is 2.73. The van der Waals surface area contributed by atoms with E-state index < -0.39 is 9.84 Å². The molecule has 1 radical (unpaired) electrons. The third-order valence-electron chi connectivity index (χ3n) is 3.95. The van der Waals surface area contributed by atoms with Crippen LogP contribution in [0.4, 0.5) is 0 Å². The van der Waals surface area contributed by atoms with Crippen molar-refractivity contribution < 1.29 is 8.42 Å². The summed E-state index contributed by atoms with van der Waals surface area (Å²) in [5, 5.41) is 3.50. The molecule has 0 fully saturated rings. The number of rotatable bonds is 2. The molecule has 4 heteroatoms.